The lowest BCUT2D eigenvalue weighted by atomic mass is 10.00. The Labute approximate surface area is 119 Å². The summed E-state index contributed by atoms with van der Waals surface area (Å²) in [7, 11) is 0. The number of benzene rings is 1. The summed E-state index contributed by atoms with van der Waals surface area (Å²) in [5.74, 6) is 0.0361. The Morgan fingerprint density at radius 1 is 1.25 bits per heavy atom. The predicted molar refractivity (Wildman–Crippen MR) is 77.9 cm³/mol. The van der Waals surface area contributed by atoms with E-state index in [2.05, 4.69) is 37.9 Å². The highest BCUT2D eigenvalue weighted by molar-refractivity contribution is 5.66. The van der Waals surface area contributed by atoms with E-state index >= 15 is 0 Å². The molecule has 4 heteroatoms. The quantitative estimate of drug-likeness (QED) is 0.910. The zero-order valence-electron chi connectivity index (χ0n) is 12.2. The van der Waals surface area contributed by atoms with Gasteiger partial charge in [-0.05, 0) is 37.5 Å². The van der Waals surface area contributed by atoms with Crippen LogP contribution in [0.2, 0.25) is 0 Å². The smallest absolute Gasteiger partial charge is 0.303 e. The van der Waals surface area contributed by atoms with Crippen molar-refractivity contribution in [3.8, 4) is 0 Å². The van der Waals surface area contributed by atoms with Gasteiger partial charge >= 0.3 is 5.97 Å². The first-order valence-corrected chi connectivity index (χ1v) is 6.76. The van der Waals surface area contributed by atoms with Gasteiger partial charge in [0.2, 0.25) is 0 Å². The van der Waals surface area contributed by atoms with Crippen LogP contribution in [0.25, 0.3) is 0 Å². The maximum atomic E-state index is 10.7. The fourth-order valence-electron chi connectivity index (χ4n) is 2.56. The van der Waals surface area contributed by atoms with Crippen molar-refractivity contribution in [1.82, 2.24) is 9.55 Å². The molecule has 2 aromatic rings. The van der Waals surface area contributed by atoms with Gasteiger partial charge in [0.25, 0.3) is 0 Å². The Morgan fingerprint density at radius 2 is 1.90 bits per heavy atom. The minimum Gasteiger partial charge on any atom is -0.481 e. The first kappa shape index (κ1) is 14.3. The molecule has 0 saturated heterocycles. The van der Waals surface area contributed by atoms with Crippen molar-refractivity contribution in [2.75, 3.05) is 0 Å². The van der Waals surface area contributed by atoms with Crippen molar-refractivity contribution >= 4 is 5.97 Å². The average Bonchev–Trinajstić information content (AvgIpc) is 2.78. The molecule has 2 rings (SSSR count). The topological polar surface area (TPSA) is 55.1 Å². The summed E-state index contributed by atoms with van der Waals surface area (Å²) in [4.78, 5) is 14.9. The molecular formula is C16H20N2O2. The van der Waals surface area contributed by atoms with Crippen LogP contribution in [0.15, 0.2) is 24.5 Å². The molecule has 0 saturated carbocycles. The number of rotatable bonds is 5. The van der Waals surface area contributed by atoms with Gasteiger partial charge in [0, 0.05) is 25.4 Å². The van der Waals surface area contributed by atoms with Crippen LogP contribution in [-0.2, 0) is 17.8 Å². The van der Waals surface area contributed by atoms with E-state index < -0.39 is 5.97 Å². The number of imidazole rings is 1. The second kappa shape index (κ2) is 5.90. The molecule has 0 spiro atoms. The highest BCUT2D eigenvalue weighted by atomic mass is 16.4. The number of aromatic nitrogens is 2. The van der Waals surface area contributed by atoms with Crippen LogP contribution in [0.1, 0.15) is 34.5 Å². The van der Waals surface area contributed by atoms with E-state index in [-0.39, 0.29) is 6.42 Å². The zero-order valence-corrected chi connectivity index (χ0v) is 12.2. The largest absolute Gasteiger partial charge is 0.481 e. The van der Waals surface area contributed by atoms with E-state index in [9.17, 15) is 4.79 Å². The number of aryl methyl sites for hydroxylation is 4. The van der Waals surface area contributed by atoms with Gasteiger partial charge in [0.1, 0.15) is 5.82 Å². The molecule has 0 amide bonds. The number of nitrogens with zero attached hydrogens (tertiary/aromatic N) is 2. The second-order valence-electron chi connectivity index (χ2n) is 5.24. The first-order valence-electron chi connectivity index (χ1n) is 6.76. The molecule has 20 heavy (non-hydrogen) atoms. The molecule has 0 radical (unpaired) electrons. The van der Waals surface area contributed by atoms with Crippen LogP contribution in [0, 0.1) is 20.8 Å². The van der Waals surface area contributed by atoms with E-state index in [1.165, 1.54) is 22.3 Å². The minimum atomic E-state index is -0.790. The summed E-state index contributed by atoms with van der Waals surface area (Å²) >= 11 is 0. The van der Waals surface area contributed by atoms with Gasteiger partial charge < -0.3 is 9.67 Å². The summed E-state index contributed by atoms with van der Waals surface area (Å²) in [6.07, 6.45) is 4.22. The molecule has 0 aliphatic rings. The molecule has 1 aromatic heterocycles. The second-order valence-corrected chi connectivity index (χ2v) is 5.24. The van der Waals surface area contributed by atoms with Crippen molar-refractivity contribution < 1.29 is 9.90 Å². The van der Waals surface area contributed by atoms with Crippen LogP contribution in [0.4, 0.5) is 0 Å². The Kier molecular flexibility index (Phi) is 4.23. The zero-order chi connectivity index (χ0) is 14.7. The summed E-state index contributed by atoms with van der Waals surface area (Å²) in [6, 6.07) is 4.35. The molecule has 106 valence electrons. The first-order chi connectivity index (χ1) is 9.47. The molecule has 1 N–H and O–H groups in total. The van der Waals surface area contributed by atoms with Gasteiger partial charge in [-0.25, -0.2) is 4.98 Å². The Morgan fingerprint density at radius 3 is 2.50 bits per heavy atom. The molecule has 0 bridgehead atoms. The molecule has 0 atom stereocenters. The normalized spacial score (nSPS) is 10.8. The molecule has 1 heterocycles. The van der Waals surface area contributed by atoms with E-state index in [4.69, 9.17) is 5.11 Å². The van der Waals surface area contributed by atoms with E-state index in [1.807, 2.05) is 10.8 Å². The Bertz CT molecular complexity index is 606. The maximum Gasteiger partial charge on any atom is 0.303 e. The lowest BCUT2D eigenvalue weighted by molar-refractivity contribution is -0.137. The van der Waals surface area contributed by atoms with Crippen LogP contribution in [-0.4, -0.2) is 20.6 Å². The number of hydrogen-bond donors (Lipinski definition) is 1. The van der Waals surface area contributed by atoms with Crippen molar-refractivity contribution in [3.05, 3.63) is 52.6 Å². The lowest BCUT2D eigenvalue weighted by Crippen LogP contribution is -2.09. The lowest BCUT2D eigenvalue weighted by Gasteiger charge is -2.14. The Balaban J connectivity index is 2.23. The van der Waals surface area contributed by atoms with Gasteiger partial charge in [-0.3, -0.25) is 4.79 Å². The van der Waals surface area contributed by atoms with Crippen LogP contribution in [0.3, 0.4) is 0 Å². The monoisotopic (exact) mass is 272 g/mol. The summed E-state index contributed by atoms with van der Waals surface area (Å²) < 4.78 is 2.04. The molecule has 0 aliphatic heterocycles. The van der Waals surface area contributed by atoms with Crippen molar-refractivity contribution in [2.45, 2.75) is 40.2 Å². The third-order valence-electron chi connectivity index (χ3n) is 3.53. The third-order valence-corrected chi connectivity index (χ3v) is 3.53. The van der Waals surface area contributed by atoms with Crippen LogP contribution >= 0.6 is 0 Å². The fourth-order valence-corrected chi connectivity index (χ4v) is 2.56. The Hall–Kier alpha value is -2.10. The molecule has 1 aromatic carbocycles. The number of carbonyl (C=O) groups is 1. The van der Waals surface area contributed by atoms with E-state index in [1.54, 1.807) is 6.20 Å². The highest BCUT2D eigenvalue weighted by Gasteiger charge is 2.09. The molecule has 0 fully saturated rings. The molecule has 4 nitrogen and oxygen atoms in total. The van der Waals surface area contributed by atoms with E-state index in [0.29, 0.717) is 6.42 Å². The molecule has 0 unspecified atom stereocenters. The van der Waals surface area contributed by atoms with Crippen molar-refractivity contribution in [1.29, 1.82) is 0 Å². The van der Waals surface area contributed by atoms with Gasteiger partial charge in [-0.15, -0.1) is 0 Å². The summed E-state index contributed by atoms with van der Waals surface area (Å²) in [5.41, 5.74) is 5.08. The van der Waals surface area contributed by atoms with Crippen molar-refractivity contribution in [2.24, 2.45) is 0 Å². The van der Waals surface area contributed by atoms with Gasteiger partial charge in [-0.2, -0.15) is 0 Å². The number of hydrogen-bond acceptors (Lipinski definition) is 2. The highest BCUT2D eigenvalue weighted by Crippen LogP contribution is 2.18. The van der Waals surface area contributed by atoms with Crippen LogP contribution < -0.4 is 0 Å². The maximum absolute atomic E-state index is 10.7. The number of aliphatic carboxylic acids is 1. The van der Waals surface area contributed by atoms with E-state index in [0.717, 1.165) is 12.4 Å². The predicted octanol–water partition coefficient (Wildman–Crippen LogP) is 2.87. The molecular weight excluding hydrogens is 252 g/mol. The molecule has 0 aliphatic carbocycles. The standard InChI is InChI=1S/C16H20N2O2/c1-11-8-12(2)14(13(3)9-11)10-18-7-6-17-15(18)4-5-16(19)20/h6-9H,4-5,10H2,1-3H3,(H,19,20). The third kappa shape index (κ3) is 3.26. The minimum absolute atomic E-state index is 0.114. The fraction of sp³-hybridized carbons (Fsp3) is 0.375. The number of carboxylic acids is 1. The summed E-state index contributed by atoms with van der Waals surface area (Å²) in [6.45, 7) is 7.07. The van der Waals surface area contributed by atoms with Gasteiger partial charge in [0.15, 0.2) is 0 Å². The summed E-state index contributed by atoms with van der Waals surface area (Å²) in [5, 5.41) is 8.77. The van der Waals surface area contributed by atoms with Crippen molar-refractivity contribution in [3.63, 3.8) is 0 Å². The van der Waals surface area contributed by atoms with Gasteiger partial charge in [-0.1, -0.05) is 17.7 Å². The van der Waals surface area contributed by atoms with Crippen LogP contribution in [0.5, 0.6) is 0 Å². The average molecular weight is 272 g/mol. The van der Waals surface area contributed by atoms with Gasteiger partial charge in [0.05, 0.1) is 6.42 Å². The SMILES string of the molecule is Cc1cc(C)c(Cn2ccnc2CCC(=O)O)c(C)c1. The number of carboxylic acid groups (broad SMARTS) is 1.